The average molecular weight is 749 g/mol. The second kappa shape index (κ2) is 36.8. The van der Waals surface area contributed by atoms with Crippen LogP contribution >= 0.6 is 7.82 Å². The lowest BCUT2D eigenvalue weighted by Crippen LogP contribution is -2.24. The van der Waals surface area contributed by atoms with Gasteiger partial charge in [-0.2, -0.15) is 0 Å². The van der Waals surface area contributed by atoms with Crippen LogP contribution in [-0.4, -0.2) is 31.6 Å². The lowest BCUT2D eigenvalue weighted by molar-refractivity contribution is -0.174. The maximum Gasteiger partial charge on any atom is 0.480 e. The first-order valence-corrected chi connectivity index (χ1v) is 21.6. The third-order valence-electron chi connectivity index (χ3n) is 7.95. The van der Waals surface area contributed by atoms with Gasteiger partial charge in [-0.05, 0) is 89.9 Å². The van der Waals surface area contributed by atoms with E-state index >= 15 is 0 Å². The van der Waals surface area contributed by atoms with Gasteiger partial charge in [0.1, 0.15) is 0 Å². The molecule has 52 heavy (non-hydrogen) atoms. The quantitative estimate of drug-likeness (QED) is 0.0208. The van der Waals surface area contributed by atoms with E-state index in [4.69, 9.17) is 23.0 Å². The third kappa shape index (κ3) is 32.2. The summed E-state index contributed by atoms with van der Waals surface area (Å²) >= 11 is 0. The molecule has 298 valence electrons. The molecule has 0 heterocycles. The van der Waals surface area contributed by atoms with Crippen LogP contribution in [0.1, 0.15) is 169 Å². The lowest BCUT2D eigenvalue weighted by Gasteiger charge is -2.25. The Bertz CT molecular complexity index is 1010. The number of phosphoric acid groups is 1. The van der Waals surface area contributed by atoms with Crippen molar-refractivity contribution in [3.63, 3.8) is 0 Å². The fourth-order valence-corrected chi connectivity index (χ4v) is 5.99. The Morgan fingerprint density at radius 2 is 0.788 bits per heavy atom. The first-order valence-electron chi connectivity index (χ1n) is 20.1. The van der Waals surface area contributed by atoms with E-state index in [0.717, 1.165) is 64.2 Å². The molecule has 0 N–H and O–H groups in total. The number of esters is 2. The molecule has 0 aliphatic carbocycles. The molecule has 0 aromatic heterocycles. The third-order valence-corrected chi connectivity index (χ3v) is 9.38. The lowest BCUT2D eigenvalue weighted by atomic mass is 10.1. The minimum atomic E-state index is -4.17. The van der Waals surface area contributed by atoms with Crippen LogP contribution in [0.3, 0.4) is 0 Å². The van der Waals surface area contributed by atoms with Crippen LogP contribution in [0.25, 0.3) is 0 Å². The highest BCUT2D eigenvalue weighted by molar-refractivity contribution is 7.48. The summed E-state index contributed by atoms with van der Waals surface area (Å²) < 4.78 is 40.0. The molecule has 0 aromatic carbocycles. The number of hydrogen-bond donors (Lipinski definition) is 0. The molecule has 0 amide bonds. The molecule has 8 nitrogen and oxygen atoms in total. The Labute approximate surface area is 317 Å². The summed E-state index contributed by atoms with van der Waals surface area (Å²) in [5.41, 5.74) is 0. The van der Waals surface area contributed by atoms with E-state index in [-0.39, 0.29) is 25.7 Å². The summed E-state index contributed by atoms with van der Waals surface area (Å²) in [5.74, 6) is -0.898. The summed E-state index contributed by atoms with van der Waals surface area (Å²) in [4.78, 5) is 24.9. The van der Waals surface area contributed by atoms with Crippen LogP contribution in [0.15, 0.2) is 72.9 Å². The molecule has 0 aromatic rings. The average Bonchev–Trinajstić information content (AvgIpc) is 3.14. The molecule has 2 atom stereocenters. The zero-order valence-corrected chi connectivity index (χ0v) is 34.2. The van der Waals surface area contributed by atoms with Gasteiger partial charge < -0.3 is 9.47 Å². The summed E-state index contributed by atoms with van der Waals surface area (Å²) in [7, 11) is -3.00. The fourth-order valence-electron chi connectivity index (χ4n) is 4.81. The molecule has 0 saturated carbocycles. The molecule has 0 radical (unpaired) electrons. The van der Waals surface area contributed by atoms with Gasteiger partial charge in [-0.25, -0.2) is 13.6 Å². The van der Waals surface area contributed by atoms with E-state index in [0.29, 0.717) is 12.8 Å². The van der Waals surface area contributed by atoms with Crippen molar-refractivity contribution >= 4 is 19.8 Å². The Kier molecular flexibility index (Phi) is 35.1. The molecule has 0 rings (SSSR count). The van der Waals surface area contributed by atoms with E-state index in [1.54, 1.807) is 13.8 Å². The number of rotatable bonds is 35. The van der Waals surface area contributed by atoms with Gasteiger partial charge in [-0.3, -0.25) is 14.1 Å². The monoisotopic (exact) mass is 749 g/mol. The number of allylic oxidation sites excluding steroid dienone is 12. The number of carbonyl (C=O) groups is 2. The van der Waals surface area contributed by atoms with E-state index in [1.165, 1.54) is 45.6 Å². The first kappa shape index (κ1) is 49.5. The van der Waals surface area contributed by atoms with E-state index < -0.39 is 32.3 Å². The van der Waals surface area contributed by atoms with Crippen molar-refractivity contribution in [3.8, 4) is 0 Å². The van der Waals surface area contributed by atoms with Crippen LogP contribution < -0.4 is 0 Å². The number of ether oxygens (including phenoxy) is 2. The minimum Gasteiger partial charge on any atom is -0.435 e. The van der Waals surface area contributed by atoms with Gasteiger partial charge in [0.15, 0.2) is 0 Å². The highest BCUT2D eigenvalue weighted by Gasteiger charge is 2.35. The van der Waals surface area contributed by atoms with Crippen molar-refractivity contribution in [3.05, 3.63) is 72.9 Å². The standard InChI is InChI=1S/C43H73O8P/c1-6-10-12-14-16-18-20-22-24-26-28-30-32-34-36-38-40(44)48-42(8-3)50-52(46,47-5)51-43(9-4)49-41(45)39-37-35-33-31-29-27-25-23-21-19-17-15-13-11-7-2/h16-19,22-25,28-31,42-43H,6-15,20-21,26-27,32-39H2,1-5H3. The predicted octanol–water partition coefficient (Wildman–Crippen LogP) is 13.5. The SMILES string of the molecule is CCCCCC=CCC=CCC=CCCCCC(=O)OC(CC)OP(=O)(OC)OC(CC)OC(=O)CCCCC=CCC=CCC=CCCCCC. The largest absolute Gasteiger partial charge is 0.480 e. The van der Waals surface area contributed by atoms with Gasteiger partial charge in [0.2, 0.25) is 12.6 Å². The second-order valence-corrected chi connectivity index (χ2v) is 14.4. The normalized spacial score (nSPS) is 14.8. The van der Waals surface area contributed by atoms with Gasteiger partial charge in [0.05, 0.1) is 0 Å². The molecular weight excluding hydrogens is 675 g/mol. The Morgan fingerprint density at radius 3 is 1.08 bits per heavy atom. The molecule has 2 unspecified atom stereocenters. The van der Waals surface area contributed by atoms with Crippen molar-refractivity contribution in [1.82, 2.24) is 0 Å². The van der Waals surface area contributed by atoms with Crippen LogP contribution in [0.4, 0.5) is 0 Å². The number of hydrogen-bond acceptors (Lipinski definition) is 8. The van der Waals surface area contributed by atoms with Gasteiger partial charge in [-0.1, -0.05) is 126 Å². The Morgan fingerprint density at radius 1 is 0.481 bits per heavy atom. The Balaban J connectivity index is 4.29. The molecule has 9 heteroatoms. The van der Waals surface area contributed by atoms with Crippen LogP contribution in [0.5, 0.6) is 0 Å². The van der Waals surface area contributed by atoms with Gasteiger partial charge in [0.25, 0.3) is 0 Å². The predicted molar refractivity (Wildman–Crippen MR) is 216 cm³/mol. The van der Waals surface area contributed by atoms with Gasteiger partial charge in [0, 0.05) is 32.8 Å². The molecule has 0 aliphatic rings. The molecule has 0 saturated heterocycles. The Hall–Kier alpha value is -2.51. The highest BCUT2D eigenvalue weighted by Crippen LogP contribution is 2.51. The zero-order valence-electron chi connectivity index (χ0n) is 33.4. The van der Waals surface area contributed by atoms with E-state index in [2.05, 4.69) is 86.8 Å². The number of phosphoric ester groups is 1. The number of carbonyl (C=O) groups excluding carboxylic acids is 2. The molecule has 0 bridgehead atoms. The van der Waals surface area contributed by atoms with E-state index in [1.807, 2.05) is 0 Å². The second-order valence-electron chi connectivity index (χ2n) is 12.8. The van der Waals surface area contributed by atoms with Crippen molar-refractivity contribution < 1.29 is 37.2 Å². The molecule has 0 spiro atoms. The summed E-state index contributed by atoms with van der Waals surface area (Å²) in [5, 5.41) is 0. The highest BCUT2D eigenvalue weighted by atomic mass is 31.2. The fraction of sp³-hybridized carbons (Fsp3) is 0.674. The van der Waals surface area contributed by atoms with Crippen molar-refractivity contribution in [1.29, 1.82) is 0 Å². The van der Waals surface area contributed by atoms with Gasteiger partial charge >= 0.3 is 19.8 Å². The van der Waals surface area contributed by atoms with E-state index in [9.17, 15) is 14.2 Å². The molecule has 0 fully saturated rings. The summed E-state index contributed by atoms with van der Waals surface area (Å²) in [6.45, 7) is 7.91. The number of unbranched alkanes of at least 4 members (excludes halogenated alkanes) is 10. The van der Waals surface area contributed by atoms with Gasteiger partial charge in [-0.15, -0.1) is 0 Å². The minimum absolute atomic E-state index is 0.218. The maximum atomic E-state index is 13.2. The smallest absolute Gasteiger partial charge is 0.435 e. The van der Waals surface area contributed by atoms with Crippen molar-refractivity contribution in [2.45, 2.75) is 182 Å². The first-order chi connectivity index (χ1) is 25.3. The summed E-state index contributed by atoms with van der Waals surface area (Å²) in [6.07, 6.45) is 43.4. The topological polar surface area (TPSA) is 97.4 Å². The maximum absolute atomic E-state index is 13.2. The zero-order chi connectivity index (χ0) is 38.4. The molecule has 0 aliphatic heterocycles. The van der Waals surface area contributed by atoms with Crippen LogP contribution in [-0.2, 0) is 37.2 Å². The van der Waals surface area contributed by atoms with Crippen molar-refractivity contribution in [2.75, 3.05) is 7.11 Å². The molecular formula is C43H73O8P. The summed E-state index contributed by atoms with van der Waals surface area (Å²) in [6, 6.07) is 0. The van der Waals surface area contributed by atoms with Crippen LogP contribution in [0.2, 0.25) is 0 Å². The van der Waals surface area contributed by atoms with Crippen LogP contribution in [0, 0.1) is 0 Å². The van der Waals surface area contributed by atoms with Crippen molar-refractivity contribution in [2.24, 2.45) is 0 Å².